The predicted molar refractivity (Wildman–Crippen MR) is 90.3 cm³/mol. The van der Waals surface area contributed by atoms with E-state index >= 15 is 0 Å². The molecule has 0 radical (unpaired) electrons. The number of hydrogen-bond acceptors (Lipinski definition) is 5. The van der Waals surface area contributed by atoms with Crippen molar-refractivity contribution in [3.63, 3.8) is 0 Å². The summed E-state index contributed by atoms with van der Waals surface area (Å²) in [6, 6.07) is 11.9. The molecule has 1 aliphatic rings. The van der Waals surface area contributed by atoms with Crippen molar-refractivity contribution in [3.8, 4) is 0 Å². The van der Waals surface area contributed by atoms with Crippen LogP contribution in [0.1, 0.15) is 0 Å². The van der Waals surface area contributed by atoms with Gasteiger partial charge in [-0.15, -0.1) is 0 Å². The largest absolute Gasteiger partial charge is 0.395 e. The first-order valence-electron chi connectivity index (χ1n) is 7.70. The van der Waals surface area contributed by atoms with Crippen molar-refractivity contribution in [1.29, 1.82) is 0 Å². The van der Waals surface area contributed by atoms with Crippen LogP contribution >= 0.6 is 0 Å². The lowest BCUT2D eigenvalue weighted by Crippen LogP contribution is -2.43. The van der Waals surface area contributed by atoms with Crippen LogP contribution in [0.5, 0.6) is 0 Å². The van der Waals surface area contributed by atoms with Crippen LogP contribution in [-0.2, 0) is 19.5 Å². The zero-order valence-electron chi connectivity index (χ0n) is 13.6. The van der Waals surface area contributed by atoms with E-state index in [0.29, 0.717) is 0 Å². The van der Waals surface area contributed by atoms with Crippen LogP contribution in [0.15, 0.2) is 47.4 Å². The summed E-state index contributed by atoms with van der Waals surface area (Å²) in [6.07, 6.45) is -0.919. The molecule has 0 aliphatic carbocycles. The number of nitrogens with zero attached hydrogens (tertiary/aromatic N) is 1. The molecule has 0 bridgehead atoms. The van der Waals surface area contributed by atoms with Crippen molar-refractivity contribution in [2.24, 2.45) is 0 Å². The minimum atomic E-state index is -3.76. The molecule has 7 heteroatoms. The van der Waals surface area contributed by atoms with Gasteiger partial charge < -0.3 is 14.6 Å². The maximum absolute atomic E-state index is 13.1. The number of aliphatic hydroxyl groups excluding tert-OH is 1. The Morgan fingerprint density at radius 3 is 2.46 bits per heavy atom. The summed E-state index contributed by atoms with van der Waals surface area (Å²) in [5, 5.41) is 11.5. The molecule has 0 saturated carbocycles. The summed E-state index contributed by atoms with van der Waals surface area (Å²) in [6.45, 7) is -0.180. The molecule has 130 valence electrons. The molecular formula is C17H21NO5S. The maximum atomic E-state index is 13.1. The number of aliphatic hydroxyl groups is 1. The highest BCUT2D eigenvalue weighted by Crippen LogP contribution is 2.30. The molecule has 0 aromatic heterocycles. The monoisotopic (exact) mass is 351 g/mol. The third-order valence-electron chi connectivity index (χ3n) is 4.56. The third-order valence-corrected chi connectivity index (χ3v) is 6.45. The first-order chi connectivity index (χ1) is 11.5. The highest BCUT2D eigenvalue weighted by Gasteiger charge is 2.47. The minimum Gasteiger partial charge on any atom is -0.395 e. The SMILES string of the molecule is CO[C@@H]1[C@H](OC)CN(S(=O)(=O)c2ccc3ccccc3c2)[C@H]1CO. The van der Waals surface area contributed by atoms with Gasteiger partial charge in [0.15, 0.2) is 0 Å². The summed E-state index contributed by atoms with van der Waals surface area (Å²) < 4.78 is 38.1. The lowest BCUT2D eigenvalue weighted by atomic mass is 10.1. The van der Waals surface area contributed by atoms with Gasteiger partial charge >= 0.3 is 0 Å². The summed E-state index contributed by atoms with van der Waals surface area (Å²) in [5.41, 5.74) is 0. The first-order valence-corrected chi connectivity index (χ1v) is 9.14. The summed E-state index contributed by atoms with van der Waals surface area (Å²) >= 11 is 0. The molecule has 1 heterocycles. The van der Waals surface area contributed by atoms with E-state index in [4.69, 9.17) is 9.47 Å². The Morgan fingerprint density at radius 1 is 1.12 bits per heavy atom. The number of ether oxygens (including phenoxy) is 2. The molecule has 1 N–H and O–H groups in total. The Kier molecular flexibility index (Phi) is 4.89. The molecule has 0 unspecified atom stereocenters. The smallest absolute Gasteiger partial charge is 0.243 e. The molecule has 24 heavy (non-hydrogen) atoms. The van der Waals surface area contributed by atoms with E-state index in [1.54, 1.807) is 18.2 Å². The average Bonchev–Trinajstić information content (AvgIpc) is 2.99. The van der Waals surface area contributed by atoms with Gasteiger partial charge in [-0.3, -0.25) is 0 Å². The normalized spacial score (nSPS) is 25.4. The Balaban J connectivity index is 2.02. The van der Waals surface area contributed by atoms with E-state index in [9.17, 15) is 13.5 Å². The predicted octanol–water partition coefficient (Wildman–Crippen LogP) is 1.23. The Morgan fingerprint density at radius 2 is 1.83 bits per heavy atom. The van der Waals surface area contributed by atoms with Crippen LogP contribution in [-0.4, -0.2) is 63.5 Å². The van der Waals surface area contributed by atoms with Gasteiger partial charge in [0.05, 0.1) is 23.6 Å². The second-order valence-corrected chi connectivity index (χ2v) is 7.70. The number of methoxy groups -OCH3 is 2. The highest BCUT2D eigenvalue weighted by molar-refractivity contribution is 7.89. The number of benzene rings is 2. The molecule has 1 saturated heterocycles. The Bertz CT molecular complexity index is 823. The van der Waals surface area contributed by atoms with Gasteiger partial charge in [0.2, 0.25) is 10.0 Å². The Hall–Kier alpha value is -1.51. The second-order valence-electron chi connectivity index (χ2n) is 5.81. The summed E-state index contributed by atoms with van der Waals surface area (Å²) in [5.74, 6) is 0. The van der Waals surface area contributed by atoms with E-state index in [-0.39, 0.29) is 18.0 Å². The quantitative estimate of drug-likeness (QED) is 0.877. The number of rotatable bonds is 5. The van der Waals surface area contributed by atoms with Crippen LogP contribution in [0.25, 0.3) is 10.8 Å². The zero-order valence-corrected chi connectivity index (χ0v) is 14.4. The van der Waals surface area contributed by atoms with E-state index in [1.807, 2.05) is 24.3 Å². The third kappa shape index (κ3) is 2.82. The van der Waals surface area contributed by atoms with Crippen molar-refractivity contribution in [3.05, 3.63) is 42.5 Å². The fourth-order valence-electron chi connectivity index (χ4n) is 3.28. The van der Waals surface area contributed by atoms with Gasteiger partial charge in [0, 0.05) is 20.8 Å². The van der Waals surface area contributed by atoms with Gasteiger partial charge in [0.1, 0.15) is 6.10 Å². The van der Waals surface area contributed by atoms with Crippen LogP contribution in [0.2, 0.25) is 0 Å². The van der Waals surface area contributed by atoms with Crippen LogP contribution in [0.3, 0.4) is 0 Å². The van der Waals surface area contributed by atoms with Crippen molar-refractivity contribution in [2.75, 3.05) is 27.4 Å². The number of fused-ring (bicyclic) bond motifs is 1. The van der Waals surface area contributed by atoms with Gasteiger partial charge in [-0.2, -0.15) is 4.31 Å². The van der Waals surface area contributed by atoms with Crippen molar-refractivity contribution < 1.29 is 23.0 Å². The first kappa shape index (κ1) is 17.3. The number of hydrogen-bond donors (Lipinski definition) is 1. The standard InChI is InChI=1S/C17H21NO5S/c1-22-16-10-18(15(11-19)17(16)23-2)24(20,21)14-8-7-12-5-3-4-6-13(12)9-14/h3-9,15-17,19H,10-11H2,1-2H3/t15-,16+,17-/m0/s1. The topological polar surface area (TPSA) is 76.1 Å². The molecule has 3 atom stereocenters. The summed E-state index contributed by atoms with van der Waals surface area (Å²) in [4.78, 5) is 0.200. The molecular weight excluding hydrogens is 330 g/mol. The van der Waals surface area contributed by atoms with E-state index < -0.39 is 28.3 Å². The van der Waals surface area contributed by atoms with Gasteiger partial charge in [-0.1, -0.05) is 30.3 Å². The maximum Gasteiger partial charge on any atom is 0.243 e. The van der Waals surface area contributed by atoms with Crippen molar-refractivity contribution in [1.82, 2.24) is 4.31 Å². The van der Waals surface area contributed by atoms with E-state index in [2.05, 4.69) is 0 Å². The highest BCUT2D eigenvalue weighted by atomic mass is 32.2. The van der Waals surface area contributed by atoms with Crippen LogP contribution in [0, 0.1) is 0 Å². The van der Waals surface area contributed by atoms with E-state index in [0.717, 1.165) is 10.8 Å². The van der Waals surface area contributed by atoms with Crippen molar-refractivity contribution >= 4 is 20.8 Å². The molecule has 3 rings (SSSR count). The zero-order chi connectivity index (χ0) is 17.3. The molecule has 6 nitrogen and oxygen atoms in total. The van der Waals surface area contributed by atoms with Crippen LogP contribution < -0.4 is 0 Å². The minimum absolute atomic E-state index is 0.148. The van der Waals surface area contributed by atoms with Gasteiger partial charge in [-0.05, 0) is 22.9 Å². The average molecular weight is 351 g/mol. The molecule has 2 aromatic carbocycles. The molecule has 1 aliphatic heterocycles. The fourth-order valence-corrected chi connectivity index (χ4v) is 4.95. The molecule has 0 amide bonds. The molecule has 2 aromatic rings. The van der Waals surface area contributed by atoms with Gasteiger partial charge in [0.25, 0.3) is 0 Å². The van der Waals surface area contributed by atoms with Gasteiger partial charge in [-0.25, -0.2) is 8.42 Å². The summed E-state index contributed by atoms with van der Waals surface area (Å²) in [7, 11) is -0.761. The lowest BCUT2D eigenvalue weighted by Gasteiger charge is -2.25. The Labute approximate surface area is 141 Å². The molecule has 0 spiro atoms. The molecule has 1 fully saturated rings. The second kappa shape index (κ2) is 6.78. The fraction of sp³-hybridized carbons (Fsp3) is 0.412. The number of sulfonamides is 1. The van der Waals surface area contributed by atoms with E-state index in [1.165, 1.54) is 18.5 Å². The van der Waals surface area contributed by atoms with Crippen LogP contribution in [0.4, 0.5) is 0 Å². The lowest BCUT2D eigenvalue weighted by molar-refractivity contribution is -0.0259. The van der Waals surface area contributed by atoms with Crippen molar-refractivity contribution in [2.45, 2.75) is 23.1 Å².